The molecule has 3 rings (SSSR count). The Morgan fingerprint density at radius 2 is 1.72 bits per heavy atom. The summed E-state index contributed by atoms with van der Waals surface area (Å²) >= 11 is 0. The maximum absolute atomic E-state index is 12.1. The van der Waals surface area contributed by atoms with E-state index in [2.05, 4.69) is 16.0 Å². The van der Waals surface area contributed by atoms with E-state index in [-0.39, 0.29) is 12.5 Å². The minimum absolute atomic E-state index is 0.101. The highest BCUT2D eigenvalue weighted by Gasteiger charge is 2.16. The molecule has 29 heavy (non-hydrogen) atoms. The van der Waals surface area contributed by atoms with E-state index < -0.39 is 17.9 Å². The predicted molar refractivity (Wildman–Crippen MR) is 110 cm³/mol. The second kappa shape index (κ2) is 8.57. The van der Waals surface area contributed by atoms with Crippen molar-refractivity contribution in [3.8, 4) is 0 Å². The van der Waals surface area contributed by atoms with Gasteiger partial charge in [-0.25, -0.2) is 0 Å². The average Bonchev–Trinajstić information content (AvgIpc) is 3.05. The van der Waals surface area contributed by atoms with Crippen LogP contribution in [0.2, 0.25) is 0 Å². The fraction of sp³-hybridized carbons (Fsp3) is 0.190. The van der Waals surface area contributed by atoms with Crippen LogP contribution in [0.1, 0.15) is 18.6 Å². The number of hydrogen-bond acceptors (Lipinski definition) is 4. The zero-order valence-corrected chi connectivity index (χ0v) is 16.1. The Kier molecular flexibility index (Phi) is 5.94. The quantitative estimate of drug-likeness (QED) is 0.495. The van der Waals surface area contributed by atoms with E-state index in [0.717, 1.165) is 10.9 Å². The van der Waals surface area contributed by atoms with Crippen LogP contribution in [-0.2, 0) is 21.4 Å². The van der Waals surface area contributed by atoms with Gasteiger partial charge in [0, 0.05) is 43.6 Å². The van der Waals surface area contributed by atoms with Gasteiger partial charge in [-0.15, -0.1) is 0 Å². The molecule has 1 aromatic heterocycles. The van der Waals surface area contributed by atoms with Crippen LogP contribution in [0.15, 0.2) is 54.7 Å². The lowest BCUT2D eigenvalue weighted by Gasteiger charge is -2.13. The zero-order chi connectivity index (χ0) is 21.0. The fourth-order valence-corrected chi connectivity index (χ4v) is 2.96. The number of aryl methyl sites for hydroxylation is 1. The predicted octanol–water partition coefficient (Wildman–Crippen LogP) is 1.92. The van der Waals surface area contributed by atoms with Crippen molar-refractivity contribution in [3.05, 3.63) is 60.3 Å². The molecule has 0 saturated heterocycles. The molecule has 1 heterocycles. The summed E-state index contributed by atoms with van der Waals surface area (Å²) < 4.78 is 1.97. The fourth-order valence-electron chi connectivity index (χ4n) is 2.96. The summed E-state index contributed by atoms with van der Waals surface area (Å²) in [5, 5.41) is 18.8. The molecular formula is C21H22N4O4. The van der Waals surface area contributed by atoms with Crippen molar-refractivity contribution in [2.45, 2.75) is 13.0 Å². The molecule has 1 unspecified atom stereocenters. The van der Waals surface area contributed by atoms with Crippen molar-refractivity contribution >= 4 is 40.0 Å². The number of amides is 3. The van der Waals surface area contributed by atoms with Gasteiger partial charge in [0.05, 0.1) is 6.10 Å². The molecule has 0 saturated carbocycles. The second-order valence-corrected chi connectivity index (χ2v) is 6.69. The average molecular weight is 394 g/mol. The monoisotopic (exact) mass is 394 g/mol. The summed E-state index contributed by atoms with van der Waals surface area (Å²) in [7, 11) is 1.93. The van der Waals surface area contributed by atoms with Crippen LogP contribution in [-0.4, -0.2) is 33.9 Å². The number of benzene rings is 2. The lowest BCUT2D eigenvalue weighted by atomic mass is 10.1. The van der Waals surface area contributed by atoms with Crippen molar-refractivity contribution in [3.63, 3.8) is 0 Å². The number of aromatic nitrogens is 1. The van der Waals surface area contributed by atoms with Crippen molar-refractivity contribution in [1.29, 1.82) is 0 Å². The Labute approximate surface area is 167 Å². The number of rotatable bonds is 5. The molecule has 2 aromatic carbocycles. The van der Waals surface area contributed by atoms with Crippen molar-refractivity contribution in [2.75, 3.05) is 17.2 Å². The summed E-state index contributed by atoms with van der Waals surface area (Å²) in [4.78, 5) is 35.2. The number of hydrogen-bond donors (Lipinski definition) is 4. The lowest BCUT2D eigenvalue weighted by Crippen LogP contribution is -2.37. The first-order valence-electron chi connectivity index (χ1n) is 9.03. The Bertz CT molecular complexity index is 1070. The lowest BCUT2D eigenvalue weighted by molar-refractivity contribution is -0.136. The van der Waals surface area contributed by atoms with E-state index >= 15 is 0 Å². The molecule has 150 valence electrons. The first-order chi connectivity index (χ1) is 13.8. The molecule has 8 heteroatoms. The summed E-state index contributed by atoms with van der Waals surface area (Å²) in [5.41, 5.74) is 2.55. The van der Waals surface area contributed by atoms with Gasteiger partial charge >= 0.3 is 11.8 Å². The minimum atomic E-state index is -0.945. The van der Waals surface area contributed by atoms with Gasteiger partial charge in [0.15, 0.2) is 0 Å². The van der Waals surface area contributed by atoms with Gasteiger partial charge in [-0.2, -0.15) is 0 Å². The molecule has 0 aliphatic rings. The molecule has 3 aromatic rings. The largest absolute Gasteiger partial charge is 0.387 e. The van der Waals surface area contributed by atoms with Gasteiger partial charge in [-0.3, -0.25) is 14.4 Å². The number of fused-ring (bicyclic) bond motifs is 1. The second-order valence-electron chi connectivity index (χ2n) is 6.69. The summed E-state index contributed by atoms with van der Waals surface area (Å²) in [6.07, 6.45) is 0.980. The van der Waals surface area contributed by atoms with Crippen LogP contribution in [0.25, 0.3) is 10.9 Å². The van der Waals surface area contributed by atoms with Crippen molar-refractivity contribution < 1.29 is 19.5 Å². The molecule has 8 nitrogen and oxygen atoms in total. The van der Waals surface area contributed by atoms with Gasteiger partial charge in [-0.1, -0.05) is 12.1 Å². The molecule has 0 fully saturated rings. The first-order valence-corrected chi connectivity index (χ1v) is 9.03. The van der Waals surface area contributed by atoms with Crippen LogP contribution < -0.4 is 16.0 Å². The third-order valence-electron chi connectivity index (χ3n) is 4.40. The number of carbonyl (C=O) groups is 3. The maximum Gasteiger partial charge on any atom is 0.313 e. The van der Waals surface area contributed by atoms with Crippen molar-refractivity contribution in [2.24, 2.45) is 7.05 Å². The van der Waals surface area contributed by atoms with E-state index in [0.29, 0.717) is 16.9 Å². The molecule has 3 amide bonds. The Hall–Kier alpha value is -3.65. The molecule has 0 spiro atoms. The van der Waals surface area contributed by atoms with E-state index in [1.807, 2.05) is 36.0 Å². The number of carbonyl (C=O) groups excluding carboxylic acids is 3. The summed E-state index contributed by atoms with van der Waals surface area (Å²) in [6, 6.07) is 13.9. The highest BCUT2D eigenvalue weighted by molar-refractivity contribution is 6.39. The third kappa shape index (κ3) is 4.99. The highest BCUT2D eigenvalue weighted by atomic mass is 16.3. The normalized spacial score (nSPS) is 11.7. The van der Waals surface area contributed by atoms with E-state index in [9.17, 15) is 19.5 Å². The van der Waals surface area contributed by atoms with Crippen LogP contribution >= 0.6 is 0 Å². The Balaban J connectivity index is 1.56. The molecule has 4 N–H and O–H groups in total. The van der Waals surface area contributed by atoms with Crippen molar-refractivity contribution in [1.82, 2.24) is 9.88 Å². The first kappa shape index (κ1) is 20.1. The van der Waals surface area contributed by atoms with Gasteiger partial charge in [0.25, 0.3) is 0 Å². The topological polar surface area (TPSA) is 112 Å². The SMILES string of the molecule is CC(=O)Nc1cccc(NC(=O)C(=O)NCC(O)c2ccc3c(ccn3C)c2)c1. The Morgan fingerprint density at radius 3 is 2.45 bits per heavy atom. The van der Waals surface area contributed by atoms with Gasteiger partial charge in [0.2, 0.25) is 5.91 Å². The van der Waals surface area contributed by atoms with Crippen LogP contribution in [0, 0.1) is 0 Å². The number of aliphatic hydroxyl groups is 1. The number of aliphatic hydroxyl groups excluding tert-OH is 1. The summed E-state index contributed by atoms with van der Waals surface area (Å²) in [6.45, 7) is 1.27. The van der Waals surface area contributed by atoms with Gasteiger partial charge in [0.1, 0.15) is 0 Å². The third-order valence-corrected chi connectivity index (χ3v) is 4.40. The molecule has 0 radical (unpaired) electrons. The number of anilines is 2. The zero-order valence-electron chi connectivity index (χ0n) is 16.1. The number of nitrogens with zero attached hydrogens (tertiary/aromatic N) is 1. The van der Waals surface area contributed by atoms with Crippen LogP contribution in [0.5, 0.6) is 0 Å². The van der Waals surface area contributed by atoms with E-state index in [4.69, 9.17) is 0 Å². The molecule has 0 bridgehead atoms. The molecular weight excluding hydrogens is 372 g/mol. The number of nitrogens with one attached hydrogen (secondary N) is 3. The van der Waals surface area contributed by atoms with Gasteiger partial charge < -0.3 is 25.6 Å². The van der Waals surface area contributed by atoms with Crippen LogP contribution in [0.3, 0.4) is 0 Å². The van der Waals surface area contributed by atoms with Crippen LogP contribution in [0.4, 0.5) is 11.4 Å². The molecule has 0 aliphatic heterocycles. The highest BCUT2D eigenvalue weighted by Crippen LogP contribution is 2.21. The van der Waals surface area contributed by atoms with Gasteiger partial charge in [-0.05, 0) is 47.3 Å². The van der Waals surface area contributed by atoms with E-state index in [1.54, 1.807) is 24.3 Å². The maximum atomic E-state index is 12.1. The standard InChI is InChI=1S/C21H22N4O4/c1-13(26)23-16-4-3-5-17(11-16)24-21(29)20(28)22-12-19(27)15-6-7-18-14(10-15)8-9-25(18)2/h3-11,19,27H,12H2,1-2H3,(H,22,28)(H,23,26)(H,24,29). The minimum Gasteiger partial charge on any atom is -0.387 e. The molecule has 0 aliphatic carbocycles. The van der Waals surface area contributed by atoms with E-state index in [1.165, 1.54) is 13.0 Å². The molecule has 1 atom stereocenters. The summed E-state index contributed by atoms with van der Waals surface area (Å²) in [5.74, 6) is -1.97. The Morgan fingerprint density at radius 1 is 1.00 bits per heavy atom. The smallest absolute Gasteiger partial charge is 0.313 e.